The predicted molar refractivity (Wildman–Crippen MR) is 20.7 cm³/mol. The second-order valence-electron chi connectivity index (χ2n) is 0.772. The van der Waals surface area contributed by atoms with Gasteiger partial charge in [0.1, 0.15) is 6.29 Å². The zero-order valence-corrected chi connectivity index (χ0v) is 3.42. The molecule has 3 nitrogen and oxygen atoms in total. The number of allylic oxidation sites excluding steroid dienone is 1. The summed E-state index contributed by atoms with van der Waals surface area (Å²) in [4.78, 5) is 12.0. The Balaban J connectivity index is 3.94. The summed E-state index contributed by atoms with van der Waals surface area (Å²) in [5.41, 5.74) is -0.389. The molecule has 0 atom stereocenters. The van der Waals surface area contributed by atoms with Crippen LogP contribution >= 0.6 is 0 Å². The molecule has 0 radical (unpaired) electrons. The molecule has 0 aromatic rings. The van der Waals surface area contributed by atoms with Crippen LogP contribution < -0.4 is 5.11 Å². The van der Waals surface area contributed by atoms with E-state index < -0.39 is 0 Å². The van der Waals surface area contributed by atoms with Crippen LogP contribution in [0.15, 0.2) is 12.0 Å². The van der Waals surface area contributed by atoms with Crippen molar-refractivity contribution in [3.8, 4) is 0 Å². The summed E-state index contributed by atoms with van der Waals surface area (Å²) < 4.78 is 0. The fourth-order valence-electron chi connectivity index (χ4n) is 0.0805. The Morgan fingerprint density at radius 1 is 1.86 bits per heavy atom. The van der Waals surface area contributed by atoms with Crippen molar-refractivity contribution in [1.29, 1.82) is 0 Å². The van der Waals surface area contributed by atoms with Gasteiger partial charge in [0.2, 0.25) is 5.70 Å². The molecule has 7 heavy (non-hydrogen) atoms. The van der Waals surface area contributed by atoms with Crippen LogP contribution in [0.2, 0.25) is 0 Å². The van der Waals surface area contributed by atoms with E-state index in [1.54, 1.807) is 0 Å². The van der Waals surface area contributed by atoms with Crippen molar-refractivity contribution >= 4 is 6.29 Å². The van der Waals surface area contributed by atoms with Gasteiger partial charge in [-0.05, 0) is 0 Å². The first-order valence-electron chi connectivity index (χ1n) is 1.50. The molecule has 0 saturated carbocycles. The molecular formula is C4H2NO2-. The van der Waals surface area contributed by atoms with E-state index in [1.807, 2.05) is 0 Å². The van der Waals surface area contributed by atoms with E-state index in [-0.39, 0.29) is 18.2 Å². The zero-order valence-electron chi connectivity index (χ0n) is 3.42. The van der Waals surface area contributed by atoms with Crippen LogP contribution in [-0.4, -0.2) is 6.29 Å². The number of nitrogens with zero attached hydrogens (tertiary/aromatic N) is 1. The van der Waals surface area contributed by atoms with Gasteiger partial charge in [0.15, 0.2) is 0 Å². The summed E-state index contributed by atoms with van der Waals surface area (Å²) in [6.07, 6.45) is 0.444. The Labute approximate surface area is 40.7 Å². The third-order valence-corrected chi connectivity index (χ3v) is 0.371. The number of hydrogen-bond donors (Lipinski definition) is 0. The minimum Gasteiger partial charge on any atom is -0.886 e. The highest BCUT2D eigenvalue weighted by atomic mass is 16.2. The number of aldehydes is 1. The van der Waals surface area contributed by atoms with Gasteiger partial charge in [0, 0.05) is 0 Å². The Bertz CT molecular complexity index is 131. The molecular weight excluding hydrogens is 94.0 g/mol. The lowest BCUT2D eigenvalue weighted by molar-refractivity contribution is -0.275. The highest BCUT2D eigenvalue weighted by molar-refractivity contribution is 5.74. The Kier molecular flexibility index (Phi) is 2.37. The van der Waals surface area contributed by atoms with Gasteiger partial charge in [-0.15, -0.1) is 6.26 Å². The van der Waals surface area contributed by atoms with Crippen LogP contribution in [0.1, 0.15) is 0 Å². The highest BCUT2D eigenvalue weighted by Gasteiger charge is 1.79. The molecule has 0 aliphatic heterocycles. The van der Waals surface area contributed by atoms with Gasteiger partial charge in [-0.2, -0.15) is 0 Å². The molecule has 0 bridgehead atoms. The van der Waals surface area contributed by atoms with Crippen LogP contribution in [0.3, 0.4) is 0 Å². The van der Waals surface area contributed by atoms with Crippen LogP contribution in [0.4, 0.5) is 0 Å². The molecule has 36 valence electrons. The minimum absolute atomic E-state index is 0.222. The van der Waals surface area contributed by atoms with Crippen molar-refractivity contribution in [2.45, 2.75) is 0 Å². The van der Waals surface area contributed by atoms with E-state index in [9.17, 15) is 9.90 Å². The largest absolute Gasteiger partial charge is 0.886 e. The number of carbonyl (C=O) groups excluding carboxylic acids is 1. The minimum atomic E-state index is -0.389. The predicted octanol–water partition coefficient (Wildman–Crippen LogP) is -0.694. The molecule has 0 aromatic heterocycles. The van der Waals surface area contributed by atoms with Gasteiger partial charge in [-0.3, -0.25) is 0 Å². The summed E-state index contributed by atoms with van der Waals surface area (Å²) in [6.45, 7) is 6.09. The molecule has 0 spiro atoms. The summed E-state index contributed by atoms with van der Waals surface area (Å²) >= 11 is 0. The third kappa shape index (κ3) is 1.55. The van der Waals surface area contributed by atoms with E-state index in [0.717, 1.165) is 0 Å². The van der Waals surface area contributed by atoms with Gasteiger partial charge in [-0.1, -0.05) is 0 Å². The molecule has 0 fully saturated rings. The molecule has 0 amide bonds. The fraction of sp³-hybridized carbons (Fsp3) is 0. The van der Waals surface area contributed by atoms with Crippen molar-refractivity contribution < 1.29 is 9.90 Å². The first-order valence-corrected chi connectivity index (χ1v) is 1.50. The summed E-state index contributed by atoms with van der Waals surface area (Å²) in [5, 5.41) is 9.49. The lowest BCUT2D eigenvalue weighted by atomic mass is 10.6. The SMILES string of the molecule is [C-]#[N+]/C(C=O)=C/[O-]. The molecule has 0 heterocycles. The lowest BCUT2D eigenvalue weighted by Crippen LogP contribution is -1.89. The first kappa shape index (κ1) is 5.70. The van der Waals surface area contributed by atoms with Gasteiger partial charge in [0.25, 0.3) is 0 Å². The summed E-state index contributed by atoms with van der Waals surface area (Å²) in [5.74, 6) is 0. The lowest BCUT2D eigenvalue weighted by Gasteiger charge is -1.84. The second-order valence-corrected chi connectivity index (χ2v) is 0.772. The maximum atomic E-state index is 9.49. The molecule has 0 aliphatic rings. The smallest absolute Gasteiger partial charge is 0.210 e. The Hall–Kier alpha value is -1.30. The molecule has 0 aliphatic carbocycles. The van der Waals surface area contributed by atoms with Crippen molar-refractivity contribution in [1.82, 2.24) is 0 Å². The van der Waals surface area contributed by atoms with Gasteiger partial charge in [-0.25, -0.2) is 4.85 Å². The van der Waals surface area contributed by atoms with Crippen molar-refractivity contribution in [3.63, 3.8) is 0 Å². The summed E-state index contributed by atoms with van der Waals surface area (Å²) in [7, 11) is 0. The number of rotatable bonds is 1. The Morgan fingerprint density at radius 3 is 2.43 bits per heavy atom. The fourth-order valence-corrected chi connectivity index (χ4v) is 0.0805. The molecule has 0 saturated heterocycles. The van der Waals surface area contributed by atoms with Crippen LogP contribution in [-0.2, 0) is 4.79 Å². The quantitative estimate of drug-likeness (QED) is 0.187. The van der Waals surface area contributed by atoms with Crippen LogP contribution in [0.5, 0.6) is 0 Å². The third-order valence-electron chi connectivity index (χ3n) is 0.371. The van der Waals surface area contributed by atoms with Gasteiger partial charge >= 0.3 is 0 Å². The maximum Gasteiger partial charge on any atom is 0.210 e. The second kappa shape index (κ2) is 2.91. The van der Waals surface area contributed by atoms with Crippen molar-refractivity contribution in [2.75, 3.05) is 0 Å². The topological polar surface area (TPSA) is 44.5 Å². The highest BCUT2D eigenvalue weighted by Crippen LogP contribution is 1.82. The van der Waals surface area contributed by atoms with E-state index in [4.69, 9.17) is 6.57 Å². The number of carbonyl (C=O) groups is 1. The average molecular weight is 96.1 g/mol. The normalized spacial score (nSPS) is 9.86. The van der Waals surface area contributed by atoms with Gasteiger partial charge < -0.3 is 9.90 Å². The zero-order chi connectivity index (χ0) is 5.70. The van der Waals surface area contributed by atoms with E-state index >= 15 is 0 Å². The monoisotopic (exact) mass is 96.0 g/mol. The average Bonchev–Trinajstić information content (AvgIpc) is 1.72. The summed E-state index contributed by atoms with van der Waals surface area (Å²) in [6, 6.07) is 0. The van der Waals surface area contributed by atoms with E-state index in [0.29, 0.717) is 0 Å². The molecule has 3 heteroatoms. The standard InChI is InChI=1S/C4H3NO2/c1-5-4(2-6)3-7/h2-3,6H/p-1/b4-2+. The Morgan fingerprint density at radius 2 is 2.43 bits per heavy atom. The van der Waals surface area contributed by atoms with Gasteiger partial charge in [0.05, 0.1) is 6.57 Å². The van der Waals surface area contributed by atoms with E-state index in [1.165, 1.54) is 0 Å². The van der Waals surface area contributed by atoms with Crippen molar-refractivity contribution in [2.24, 2.45) is 0 Å². The number of hydrogen-bond acceptors (Lipinski definition) is 2. The molecule has 0 unspecified atom stereocenters. The van der Waals surface area contributed by atoms with E-state index in [2.05, 4.69) is 4.85 Å². The van der Waals surface area contributed by atoms with Crippen LogP contribution in [0.25, 0.3) is 4.85 Å². The first-order chi connectivity index (χ1) is 3.35. The molecule has 0 aromatic carbocycles. The van der Waals surface area contributed by atoms with Crippen molar-refractivity contribution in [3.05, 3.63) is 23.4 Å². The van der Waals surface area contributed by atoms with Crippen LogP contribution in [0, 0.1) is 6.57 Å². The molecule has 0 rings (SSSR count). The maximum absolute atomic E-state index is 9.49. The molecule has 0 N–H and O–H groups in total.